The number of hydrogen-bond acceptors (Lipinski definition) is 3. The topological polar surface area (TPSA) is 59.4 Å². The van der Waals surface area contributed by atoms with E-state index in [0.717, 1.165) is 5.56 Å². The Bertz CT molecular complexity index is 248. The molecule has 0 atom stereocenters. The number of aliphatic carboxylic acids is 1. The van der Waals surface area contributed by atoms with Crippen LogP contribution in [0.3, 0.4) is 0 Å². The van der Waals surface area contributed by atoms with Crippen molar-refractivity contribution in [1.82, 2.24) is 4.98 Å². The molecule has 4 heteroatoms. The molecule has 0 bridgehead atoms. The molecule has 0 fully saturated rings. The van der Waals surface area contributed by atoms with E-state index in [2.05, 4.69) is 11.2 Å². The van der Waals surface area contributed by atoms with Gasteiger partial charge in [-0.2, -0.15) is 0 Å². The number of carboxylic acids is 1. The molecule has 0 aliphatic rings. The highest BCUT2D eigenvalue weighted by Gasteiger charge is 1.96. The van der Waals surface area contributed by atoms with Crippen LogP contribution in [0, 0.1) is 6.20 Å². The molecule has 12 heavy (non-hydrogen) atoms. The van der Waals surface area contributed by atoms with Crippen molar-refractivity contribution >= 4 is 5.97 Å². The van der Waals surface area contributed by atoms with Gasteiger partial charge >= 0.3 is 5.97 Å². The summed E-state index contributed by atoms with van der Waals surface area (Å²) in [6.07, 6.45) is 4.27. The van der Waals surface area contributed by atoms with Crippen molar-refractivity contribution in [2.75, 3.05) is 6.61 Å². The van der Waals surface area contributed by atoms with Crippen LogP contribution in [0.25, 0.3) is 0 Å². The van der Waals surface area contributed by atoms with Gasteiger partial charge in [0.1, 0.15) is 6.61 Å². The maximum absolute atomic E-state index is 10.0. The maximum Gasteiger partial charge on any atom is 0.329 e. The van der Waals surface area contributed by atoms with Crippen LogP contribution in [0.1, 0.15) is 5.56 Å². The van der Waals surface area contributed by atoms with Crippen LogP contribution >= 0.6 is 0 Å². The summed E-state index contributed by atoms with van der Waals surface area (Å²) in [7, 11) is 0. The van der Waals surface area contributed by atoms with Crippen molar-refractivity contribution in [3.63, 3.8) is 0 Å². The number of carbonyl (C=O) groups is 1. The normalized spacial score (nSPS) is 9.67. The van der Waals surface area contributed by atoms with E-state index in [1.165, 1.54) is 0 Å². The number of aromatic nitrogens is 1. The molecule has 63 valence electrons. The van der Waals surface area contributed by atoms with Gasteiger partial charge in [-0.25, -0.2) is 4.79 Å². The first-order valence-corrected chi connectivity index (χ1v) is 3.40. The lowest BCUT2D eigenvalue weighted by molar-refractivity contribution is -0.142. The van der Waals surface area contributed by atoms with Crippen molar-refractivity contribution in [1.29, 1.82) is 0 Å². The Kier molecular flexibility index (Phi) is 3.22. The summed E-state index contributed by atoms with van der Waals surface area (Å²) >= 11 is 0. The van der Waals surface area contributed by atoms with E-state index >= 15 is 0 Å². The molecule has 0 saturated carbocycles. The zero-order valence-corrected chi connectivity index (χ0v) is 6.36. The first-order chi connectivity index (χ1) is 5.79. The zero-order valence-electron chi connectivity index (χ0n) is 6.36. The number of nitrogens with zero attached hydrogens (tertiary/aromatic N) is 1. The predicted octanol–water partition coefficient (Wildman–Crippen LogP) is 0.483. The number of carboxylic acid groups (broad SMARTS) is 1. The van der Waals surface area contributed by atoms with Crippen molar-refractivity contribution < 1.29 is 14.6 Å². The number of ether oxygens (including phenoxy) is 1. The number of hydrogen-bond donors (Lipinski definition) is 1. The molecule has 1 radical (unpaired) electrons. The van der Waals surface area contributed by atoms with E-state index in [1.54, 1.807) is 18.3 Å². The lowest BCUT2D eigenvalue weighted by atomic mass is 10.3. The monoisotopic (exact) mass is 166 g/mol. The summed E-state index contributed by atoms with van der Waals surface area (Å²) in [6.45, 7) is -0.0527. The SMILES string of the molecule is O=C(O)COCc1[c]nccc1. The van der Waals surface area contributed by atoms with Crippen molar-refractivity contribution in [2.45, 2.75) is 6.61 Å². The summed E-state index contributed by atoms with van der Waals surface area (Å²) in [6, 6.07) is 3.52. The fourth-order valence-electron chi connectivity index (χ4n) is 0.688. The van der Waals surface area contributed by atoms with Crippen LogP contribution < -0.4 is 0 Å². The minimum atomic E-state index is -0.973. The van der Waals surface area contributed by atoms with E-state index in [9.17, 15) is 4.79 Å². The van der Waals surface area contributed by atoms with Crippen LogP contribution in [0.5, 0.6) is 0 Å². The third-order valence-electron chi connectivity index (χ3n) is 1.15. The second-order valence-electron chi connectivity index (χ2n) is 2.16. The third kappa shape index (κ3) is 3.12. The molecule has 0 amide bonds. The maximum atomic E-state index is 10.0. The first kappa shape index (κ1) is 8.67. The lowest BCUT2D eigenvalue weighted by Gasteiger charge is -1.98. The Hall–Kier alpha value is -1.42. The van der Waals surface area contributed by atoms with Crippen LogP contribution in [-0.2, 0) is 16.1 Å². The summed E-state index contributed by atoms with van der Waals surface area (Å²) in [5, 5.41) is 8.24. The highest BCUT2D eigenvalue weighted by molar-refractivity contribution is 5.67. The van der Waals surface area contributed by atoms with Gasteiger partial charge in [-0.15, -0.1) is 0 Å². The average molecular weight is 166 g/mol. The van der Waals surface area contributed by atoms with Crippen molar-refractivity contribution in [3.8, 4) is 0 Å². The van der Waals surface area contributed by atoms with Gasteiger partial charge in [0.2, 0.25) is 0 Å². The van der Waals surface area contributed by atoms with Crippen molar-refractivity contribution in [2.24, 2.45) is 0 Å². The van der Waals surface area contributed by atoms with E-state index < -0.39 is 5.97 Å². The van der Waals surface area contributed by atoms with Crippen molar-refractivity contribution in [3.05, 3.63) is 30.1 Å². The molecule has 1 aromatic rings. The molecule has 0 aliphatic heterocycles. The van der Waals surface area contributed by atoms with Gasteiger partial charge in [0, 0.05) is 11.8 Å². The van der Waals surface area contributed by atoms with Crippen LogP contribution in [0.15, 0.2) is 18.3 Å². The largest absolute Gasteiger partial charge is 0.480 e. The predicted molar refractivity (Wildman–Crippen MR) is 40.4 cm³/mol. The molecule has 0 spiro atoms. The molecule has 0 saturated heterocycles. The van der Waals surface area contributed by atoms with Gasteiger partial charge in [-0.3, -0.25) is 4.98 Å². The molecule has 0 aliphatic carbocycles. The molecule has 0 aromatic carbocycles. The first-order valence-electron chi connectivity index (χ1n) is 3.40. The molecule has 1 N–H and O–H groups in total. The van der Waals surface area contributed by atoms with E-state index in [0.29, 0.717) is 0 Å². The Labute approximate surface area is 69.8 Å². The molecule has 1 aromatic heterocycles. The second kappa shape index (κ2) is 4.46. The third-order valence-corrected chi connectivity index (χ3v) is 1.15. The minimum absolute atomic E-state index is 0.236. The summed E-state index contributed by atoms with van der Waals surface area (Å²) in [5.74, 6) is -0.973. The summed E-state index contributed by atoms with van der Waals surface area (Å²) < 4.78 is 4.81. The molecule has 0 unspecified atom stereocenters. The number of pyridine rings is 1. The van der Waals surface area contributed by atoms with Crippen LogP contribution in [-0.4, -0.2) is 22.7 Å². The molecule has 1 rings (SSSR count). The smallest absolute Gasteiger partial charge is 0.329 e. The summed E-state index contributed by atoms with van der Waals surface area (Å²) in [5.41, 5.74) is 0.749. The Morgan fingerprint density at radius 3 is 3.17 bits per heavy atom. The van der Waals surface area contributed by atoms with E-state index in [1.807, 2.05) is 0 Å². The Balaban J connectivity index is 2.29. The quantitative estimate of drug-likeness (QED) is 0.706. The van der Waals surface area contributed by atoms with Gasteiger partial charge in [-0.1, -0.05) is 6.07 Å². The van der Waals surface area contributed by atoms with Gasteiger partial charge in [0.15, 0.2) is 0 Å². The summed E-state index contributed by atoms with van der Waals surface area (Å²) in [4.78, 5) is 13.8. The van der Waals surface area contributed by atoms with Gasteiger partial charge in [0.25, 0.3) is 0 Å². The van der Waals surface area contributed by atoms with E-state index in [4.69, 9.17) is 9.84 Å². The minimum Gasteiger partial charge on any atom is -0.480 e. The fourth-order valence-corrected chi connectivity index (χ4v) is 0.688. The average Bonchev–Trinajstić information content (AvgIpc) is 2.05. The molecule has 1 heterocycles. The zero-order chi connectivity index (χ0) is 8.81. The fraction of sp³-hybridized carbons (Fsp3) is 0.250. The van der Waals surface area contributed by atoms with Gasteiger partial charge in [-0.05, 0) is 6.07 Å². The number of rotatable bonds is 4. The standard InChI is InChI=1S/C8H8NO3/c10-8(11)6-12-5-7-2-1-3-9-4-7/h1-3H,5-6H2,(H,10,11). The van der Waals surface area contributed by atoms with E-state index in [-0.39, 0.29) is 13.2 Å². The molecular formula is C8H8NO3. The lowest BCUT2D eigenvalue weighted by Crippen LogP contribution is -2.06. The van der Waals surface area contributed by atoms with Crippen LogP contribution in [0.4, 0.5) is 0 Å². The van der Waals surface area contributed by atoms with Crippen LogP contribution in [0.2, 0.25) is 0 Å². The Morgan fingerprint density at radius 2 is 2.58 bits per heavy atom. The Morgan fingerprint density at radius 1 is 1.75 bits per heavy atom. The van der Waals surface area contributed by atoms with Gasteiger partial charge < -0.3 is 9.84 Å². The highest BCUT2D eigenvalue weighted by Crippen LogP contribution is 1.96. The van der Waals surface area contributed by atoms with Gasteiger partial charge in [0.05, 0.1) is 12.8 Å². The second-order valence-corrected chi connectivity index (χ2v) is 2.16. The molecule has 4 nitrogen and oxygen atoms in total. The highest BCUT2D eigenvalue weighted by atomic mass is 16.5. The molecular weight excluding hydrogens is 158 g/mol.